The lowest BCUT2D eigenvalue weighted by Crippen LogP contribution is -2.54. The van der Waals surface area contributed by atoms with Crippen molar-refractivity contribution < 1.29 is 14.3 Å². The standard InChI is InChI=1S/C21H36NO2/c1-16-9-11-22(6,12-10-16)14-18(23)15-24-20-8-7-17(2)13-19(20)21(3,4)5/h7-8,13,16,18,23H,9-12,14-15H2,1-6H3/q+1/t16?,18-,22?/m1/s1. The molecule has 0 amide bonds. The molecule has 1 aliphatic rings. The monoisotopic (exact) mass is 334 g/mol. The first-order valence-electron chi connectivity index (χ1n) is 9.35. The van der Waals surface area contributed by atoms with Crippen LogP contribution in [0.15, 0.2) is 18.2 Å². The van der Waals surface area contributed by atoms with Crippen molar-refractivity contribution >= 4 is 0 Å². The second-order valence-electron chi connectivity index (χ2n) is 9.15. The van der Waals surface area contributed by atoms with Crippen LogP contribution in [0.25, 0.3) is 0 Å². The summed E-state index contributed by atoms with van der Waals surface area (Å²) < 4.78 is 7.00. The highest BCUT2D eigenvalue weighted by atomic mass is 16.5. The second-order valence-corrected chi connectivity index (χ2v) is 9.15. The average Bonchev–Trinajstić information content (AvgIpc) is 2.48. The quantitative estimate of drug-likeness (QED) is 0.827. The lowest BCUT2D eigenvalue weighted by molar-refractivity contribution is -0.918. The van der Waals surface area contributed by atoms with E-state index in [4.69, 9.17) is 4.74 Å². The first kappa shape index (κ1) is 19.3. The van der Waals surface area contributed by atoms with Crippen molar-refractivity contribution in [3.63, 3.8) is 0 Å². The molecule has 1 aromatic carbocycles. The number of aryl methyl sites for hydroxylation is 1. The maximum Gasteiger partial charge on any atom is 0.137 e. The highest BCUT2D eigenvalue weighted by molar-refractivity contribution is 5.41. The maximum atomic E-state index is 10.5. The van der Waals surface area contributed by atoms with Gasteiger partial charge in [-0.1, -0.05) is 45.4 Å². The van der Waals surface area contributed by atoms with Crippen LogP contribution in [0.1, 0.15) is 51.7 Å². The molecule has 1 N–H and O–H groups in total. The number of likely N-dealkylation sites (N-methyl/N-ethyl adjacent to an activating group) is 1. The molecule has 0 radical (unpaired) electrons. The number of aliphatic hydroxyl groups excluding tert-OH is 1. The predicted molar refractivity (Wildman–Crippen MR) is 101 cm³/mol. The Bertz CT molecular complexity index is 539. The van der Waals surface area contributed by atoms with Gasteiger partial charge in [-0.15, -0.1) is 0 Å². The van der Waals surface area contributed by atoms with E-state index in [0.717, 1.165) is 35.8 Å². The predicted octanol–water partition coefficient (Wildman–Crippen LogP) is 3.91. The SMILES string of the molecule is Cc1ccc(OC[C@H](O)C[N+]2(C)CCC(C)CC2)c(C(C)(C)C)c1. The molecule has 1 aliphatic heterocycles. The van der Waals surface area contributed by atoms with Crippen LogP contribution in [0, 0.1) is 12.8 Å². The van der Waals surface area contributed by atoms with Gasteiger partial charge in [-0.25, -0.2) is 0 Å². The summed E-state index contributed by atoms with van der Waals surface area (Å²) in [5.41, 5.74) is 2.49. The van der Waals surface area contributed by atoms with Crippen molar-refractivity contribution in [1.29, 1.82) is 0 Å². The lowest BCUT2D eigenvalue weighted by atomic mass is 9.85. The number of aliphatic hydroxyl groups is 1. The van der Waals surface area contributed by atoms with Gasteiger partial charge in [-0.05, 0) is 42.7 Å². The molecule has 1 fully saturated rings. The molecular formula is C21H36NO2+. The Kier molecular flexibility index (Phi) is 5.98. The fraction of sp³-hybridized carbons (Fsp3) is 0.714. The van der Waals surface area contributed by atoms with E-state index in [1.165, 1.54) is 24.0 Å². The van der Waals surface area contributed by atoms with Crippen LogP contribution >= 0.6 is 0 Å². The number of rotatable bonds is 5. The summed E-state index contributed by atoms with van der Waals surface area (Å²) in [5, 5.41) is 10.5. The van der Waals surface area contributed by atoms with Crippen LogP contribution in [0.2, 0.25) is 0 Å². The van der Waals surface area contributed by atoms with Crippen molar-refractivity contribution in [2.24, 2.45) is 5.92 Å². The molecule has 0 aromatic heterocycles. The molecule has 1 saturated heterocycles. The zero-order chi connectivity index (χ0) is 18.0. The third-order valence-electron chi connectivity index (χ3n) is 5.35. The molecule has 0 saturated carbocycles. The van der Waals surface area contributed by atoms with E-state index in [2.05, 4.69) is 53.8 Å². The third-order valence-corrected chi connectivity index (χ3v) is 5.35. The third kappa shape index (κ3) is 5.22. The molecule has 136 valence electrons. The minimum Gasteiger partial charge on any atom is -0.490 e. The van der Waals surface area contributed by atoms with Gasteiger partial charge in [0.1, 0.15) is 25.0 Å². The van der Waals surface area contributed by atoms with Crippen LogP contribution in [0.3, 0.4) is 0 Å². The highest BCUT2D eigenvalue weighted by Crippen LogP contribution is 2.32. The molecular weight excluding hydrogens is 298 g/mol. The van der Waals surface area contributed by atoms with Crippen molar-refractivity contribution in [1.82, 2.24) is 0 Å². The van der Waals surface area contributed by atoms with E-state index < -0.39 is 6.10 Å². The summed E-state index contributed by atoms with van der Waals surface area (Å²) in [5.74, 6) is 1.73. The van der Waals surface area contributed by atoms with Crippen LogP contribution in [-0.4, -0.2) is 49.0 Å². The van der Waals surface area contributed by atoms with Gasteiger partial charge in [0.25, 0.3) is 0 Å². The van der Waals surface area contributed by atoms with Gasteiger partial charge >= 0.3 is 0 Å². The zero-order valence-corrected chi connectivity index (χ0v) is 16.4. The summed E-state index contributed by atoms with van der Waals surface area (Å²) in [6, 6.07) is 6.32. The number of quaternary nitrogens is 1. The van der Waals surface area contributed by atoms with Crippen molar-refractivity contribution in [3.8, 4) is 5.75 Å². The van der Waals surface area contributed by atoms with E-state index in [0.29, 0.717) is 6.61 Å². The number of hydrogen-bond donors (Lipinski definition) is 1. The largest absolute Gasteiger partial charge is 0.490 e. The van der Waals surface area contributed by atoms with Crippen LogP contribution < -0.4 is 4.74 Å². The summed E-state index contributed by atoms with van der Waals surface area (Å²) in [6.07, 6.45) is 2.10. The van der Waals surface area contributed by atoms with Gasteiger partial charge in [-0.2, -0.15) is 0 Å². The number of piperidine rings is 1. The molecule has 0 unspecified atom stereocenters. The second kappa shape index (κ2) is 7.45. The maximum absolute atomic E-state index is 10.5. The number of nitrogens with zero attached hydrogens (tertiary/aromatic N) is 1. The summed E-state index contributed by atoms with van der Waals surface area (Å²) >= 11 is 0. The van der Waals surface area contributed by atoms with Gasteiger partial charge in [0.05, 0.1) is 20.1 Å². The number of hydrogen-bond acceptors (Lipinski definition) is 2. The molecule has 1 aromatic rings. The molecule has 1 atom stereocenters. The smallest absolute Gasteiger partial charge is 0.137 e. The van der Waals surface area contributed by atoms with Crippen molar-refractivity contribution in [2.45, 2.75) is 59.0 Å². The fourth-order valence-electron chi connectivity index (χ4n) is 3.61. The van der Waals surface area contributed by atoms with Crippen LogP contribution in [-0.2, 0) is 5.41 Å². The Morgan fingerprint density at radius 1 is 1.25 bits per heavy atom. The first-order chi connectivity index (χ1) is 11.1. The molecule has 3 nitrogen and oxygen atoms in total. The Balaban J connectivity index is 1.96. The van der Waals surface area contributed by atoms with Gasteiger partial charge in [-0.3, -0.25) is 0 Å². The van der Waals surface area contributed by atoms with E-state index in [9.17, 15) is 5.11 Å². The summed E-state index contributed by atoms with van der Waals surface area (Å²) in [6.45, 7) is 14.5. The Hall–Kier alpha value is -1.06. The van der Waals surface area contributed by atoms with Gasteiger partial charge < -0.3 is 14.3 Å². The number of ether oxygens (including phenoxy) is 1. The molecule has 3 heteroatoms. The topological polar surface area (TPSA) is 29.5 Å². The van der Waals surface area contributed by atoms with Crippen LogP contribution in [0.5, 0.6) is 5.75 Å². The van der Waals surface area contributed by atoms with E-state index >= 15 is 0 Å². The van der Waals surface area contributed by atoms with E-state index in [-0.39, 0.29) is 5.41 Å². The van der Waals surface area contributed by atoms with Gasteiger partial charge in [0.15, 0.2) is 0 Å². The molecule has 2 rings (SSSR count). The van der Waals surface area contributed by atoms with E-state index in [1.54, 1.807) is 0 Å². The van der Waals surface area contributed by atoms with Crippen LogP contribution in [0.4, 0.5) is 0 Å². The highest BCUT2D eigenvalue weighted by Gasteiger charge is 2.31. The van der Waals surface area contributed by atoms with Crippen molar-refractivity contribution in [2.75, 3.05) is 33.3 Å². The summed E-state index contributed by atoms with van der Waals surface area (Å²) in [7, 11) is 2.27. The van der Waals surface area contributed by atoms with Crippen molar-refractivity contribution in [3.05, 3.63) is 29.3 Å². The molecule has 0 bridgehead atoms. The number of likely N-dealkylation sites (tertiary alicyclic amines) is 1. The minimum atomic E-state index is -0.419. The Morgan fingerprint density at radius 3 is 2.46 bits per heavy atom. The molecule has 24 heavy (non-hydrogen) atoms. The molecule has 1 heterocycles. The van der Waals surface area contributed by atoms with Gasteiger partial charge in [0.2, 0.25) is 0 Å². The molecule has 0 aliphatic carbocycles. The van der Waals surface area contributed by atoms with E-state index in [1.807, 2.05) is 6.07 Å². The normalized spacial score (nSPS) is 26.2. The lowest BCUT2D eigenvalue weighted by Gasteiger charge is -2.41. The van der Waals surface area contributed by atoms with Gasteiger partial charge in [0, 0.05) is 0 Å². The molecule has 0 spiro atoms. The summed E-state index contributed by atoms with van der Waals surface area (Å²) in [4.78, 5) is 0. The fourth-order valence-corrected chi connectivity index (χ4v) is 3.61. The minimum absolute atomic E-state index is 0.0356. The number of benzene rings is 1. The average molecular weight is 335 g/mol. The Morgan fingerprint density at radius 2 is 1.88 bits per heavy atom. The zero-order valence-electron chi connectivity index (χ0n) is 16.4. The first-order valence-corrected chi connectivity index (χ1v) is 9.35. The Labute approximate surface area is 148 Å².